The number of carbonyl (C=O) groups excluding carboxylic acids is 1. The van der Waals surface area contributed by atoms with E-state index in [9.17, 15) is 4.79 Å². The number of nitrogens with one attached hydrogen (secondary N) is 2. The van der Waals surface area contributed by atoms with Crippen LogP contribution in [0.3, 0.4) is 0 Å². The second-order valence-corrected chi connectivity index (χ2v) is 6.74. The summed E-state index contributed by atoms with van der Waals surface area (Å²) in [4.78, 5) is 12.1. The highest BCUT2D eigenvalue weighted by Gasteiger charge is 2.42. The fourth-order valence-corrected chi connectivity index (χ4v) is 4.16. The number of nitrogens with zero attached hydrogens (tertiary/aromatic N) is 1. The Bertz CT molecular complexity index is 575. The third-order valence-corrected chi connectivity index (χ3v) is 5.29. The van der Waals surface area contributed by atoms with Gasteiger partial charge in [0.1, 0.15) is 0 Å². The average molecular weight is 297 g/mol. The van der Waals surface area contributed by atoms with Crippen LogP contribution in [0.15, 0.2) is 24.3 Å². The van der Waals surface area contributed by atoms with Gasteiger partial charge in [-0.15, -0.1) is 0 Å². The van der Waals surface area contributed by atoms with Crippen LogP contribution in [-0.2, 0) is 4.79 Å². The van der Waals surface area contributed by atoms with Crippen molar-refractivity contribution in [3.63, 3.8) is 0 Å². The van der Waals surface area contributed by atoms with Crippen LogP contribution in [0.1, 0.15) is 38.2 Å². The molecule has 2 fully saturated rings. The Morgan fingerprint density at radius 2 is 2.09 bits per heavy atom. The maximum absolute atomic E-state index is 12.1. The van der Waals surface area contributed by atoms with Crippen LogP contribution in [-0.4, -0.2) is 18.5 Å². The van der Waals surface area contributed by atoms with Gasteiger partial charge in [-0.3, -0.25) is 4.79 Å². The number of anilines is 1. The van der Waals surface area contributed by atoms with Gasteiger partial charge in [-0.05, 0) is 68.2 Å². The van der Waals surface area contributed by atoms with Crippen molar-refractivity contribution < 1.29 is 4.79 Å². The van der Waals surface area contributed by atoms with Crippen molar-refractivity contribution in [3.8, 4) is 6.07 Å². The van der Waals surface area contributed by atoms with Crippen LogP contribution < -0.4 is 10.6 Å². The van der Waals surface area contributed by atoms with Crippen molar-refractivity contribution in [2.45, 2.75) is 38.6 Å². The molecule has 2 bridgehead atoms. The number of amides is 1. The zero-order valence-electron chi connectivity index (χ0n) is 13.0. The highest BCUT2D eigenvalue weighted by Crippen LogP contribution is 2.49. The number of carbonyl (C=O) groups is 1. The lowest BCUT2D eigenvalue weighted by Crippen LogP contribution is -2.42. The molecule has 0 radical (unpaired) electrons. The topological polar surface area (TPSA) is 64.9 Å². The molecule has 2 aliphatic rings. The van der Waals surface area contributed by atoms with Crippen molar-refractivity contribution in [3.05, 3.63) is 29.8 Å². The van der Waals surface area contributed by atoms with E-state index >= 15 is 0 Å². The van der Waals surface area contributed by atoms with Gasteiger partial charge in [-0.2, -0.15) is 5.26 Å². The molecule has 4 nitrogen and oxygen atoms in total. The Morgan fingerprint density at radius 1 is 1.32 bits per heavy atom. The van der Waals surface area contributed by atoms with E-state index in [1.54, 1.807) is 12.1 Å². The van der Waals surface area contributed by atoms with E-state index in [0.29, 0.717) is 11.5 Å². The van der Waals surface area contributed by atoms with Gasteiger partial charge < -0.3 is 10.6 Å². The van der Waals surface area contributed by atoms with Gasteiger partial charge >= 0.3 is 0 Å². The van der Waals surface area contributed by atoms with Gasteiger partial charge in [0.05, 0.1) is 18.2 Å². The minimum Gasteiger partial charge on any atom is -0.376 e. The van der Waals surface area contributed by atoms with Gasteiger partial charge in [0.15, 0.2) is 0 Å². The molecule has 4 heteroatoms. The summed E-state index contributed by atoms with van der Waals surface area (Å²) >= 11 is 0. The van der Waals surface area contributed by atoms with Crippen molar-refractivity contribution in [1.29, 1.82) is 5.26 Å². The van der Waals surface area contributed by atoms with Crippen LogP contribution in [0.25, 0.3) is 0 Å². The molecule has 0 aromatic heterocycles. The molecule has 0 saturated heterocycles. The van der Waals surface area contributed by atoms with E-state index in [4.69, 9.17) is 5.26 Å². The maximum atomic E-state index is 12.1. The lowest BCUT2D eigenvalue weighted by Gasteiger charge is -2.28. The van der Waals surface area contributed by atoms with Crippen molar-refractivity contribution in [2.24, 2.45) is 17.8 Å². The SMILES string of the molecule is CC(NC(=O)CNc1ccc(C#N)cc1)C1CC2CCC1C2. The normalized spacial score (nSPS) is 27.2. The highest BCUT2D eigenvalue weighted by atomic mass is 16.1. The zero-order chi connectivity index (χ0) is 15.5. The van der Waals surface area contributed by atoms with Gasteiger partial charge in [0, 0.05) is 11.7 Å². The Balaban J connectivity index is 1.45. The molecule has 2 saturated carbocycles. The first-order chi connectivity index (χ1) is 10.7. The minimum atomic E-state index is 0.0413. The molecular formula is C18H23N3O. The van der Waals surface area contributed by atoms with E-state index in [0.717, 1.165) is 17.5 Å². The van der Waals surface area contributed by atoms with E-state index in [1.807, 2.05) is 12.1 Å². The number of hydrogen-bond acceptors (Lipinski definition) is 3. The summed E-state index contributed by atoms with van der Waals surface area (Å²) < 4.78 is 0. The second kappa shape index (κ2) is 6.39. The lowest BCUT2D eigenvalue weighted by molar-refractivity contribution is -0.120. The van der Waals surface area contributed by atoms with Crippen molar-refractivity contribution in [1.82, 2.24) is 5.32 Å². The molecule has 0 aliphatic heterocycles. The zero-order valence-corrected chi connectivity index (χ0v) is 13.0. The lowest BCUT2D eigenvalue weighted by atomic mass is 9.84. The second-order valence-electron chi connectivity index (χ2n) is 6.74. The van der Waals surface area contributed by atoms with Crippen molar-refractivity contribution >= 4 is 11.6 Å². The first-order valence-electron chi connectivity index (χ1n) is 8.19. The fourth-order valence-electron chi connectivity index (χ4n) is 4.16. The molecule has 1 aromatic carbocycles. The molecule has 1 aromatic rings. The quantitative estimate of drug-likeness (QED) is 0.878. The van der Waals surface area contributed by atoms with Crippen LogP contribution in [0.5, 0.6) is 0 Å². The molecule has 2 N–H and O–H groups in total. The monoisotopic (exact) mass is 297 g/mol. The Kier molecular flexibility index (Phi) is 4.33. The Hall–Kier alpha value is -2.02. The van der Waals surface area contributed by atoms with Gasteiger partial charge in [0.25, 0.3) is 0 Å². The number of rotatable bonds is 5. The largest absolute Gasteiger partial charge is 0.376 e. The number of benzene rings is 1. The average Bonchev–Trinajstić information content (AvgIpc) is 3.16. The number of hydrogen-bond donors (Lipinski definition) is 2. The van der Waals surface area contributed by atoms with Crippen LogP contribution in [0.4, 0.5) is 5.69 Å². The summed E-state index contributed by atoms with van der Waals surface area (Å²) in [5, 5.41) is 15.0. The molecular weight excluding hydrogens is 274 g/mol. The summed E-state index contributed by atoms with van der Waals surface area (Å²) in [6, 6.07) is 9.50. The summed E-state index contributed by atoms with van der Waals surface area (Å²) in [5.74, 6) is 2.44. The molecule has 3 rings (SSSR count). The molecule has 1 amide bonds. The molecule has 22 heavy (non-hydrogen) atoms. The Morgan fingerprint density at radius 3 is 2.68 bits per heavy atom. The van der Waals surface area contributed by atoms with E-state index in [2.05, 4.69) is 23.6 Å². The highest BCUT2D eigenvalue weighted by molar-refractivity contribution is 5.81. The fraction of sp³-hybridized carbons (Fsp3) is 0.556. The molecule has 4 atom stereocenters. The maximum Gasteiger partial charge on any atom is 0.239 e. The van der Waals surface area contributed by atoms with Crippen LogP contribution in [0.2, 0.25) is 0 Å². The predicted octanol–water partition coefficient (Wildman–Crippen LogP) is 2.91. The van der Waals surface area contributed by atoms with E-state index in [1.165, 1.54) is 25.7 Å². The van der Waals surface area contributed by atoms with E-state index < -0.39 is 0 Å². The van der Waals surface area contributed by atoms with Crippen LogP contribution >= 0.6 is 0 Å². The Labute approximate surface area is 131 Å². The standard InChI is InChI=1S/C18H23N3O/c1-12(17-9-14-2-5-15(17)8-14)21-18(22)11-20-16-6-3-13(10-19)4-7-16/h3-4,6-7,12,14-15,17,20H,2,5,8-9,11H2,1H3,(H,21,22). The molecule has 0 heterocycles. The summed E-state index contributed by atoms with van der Waals surface area (Å²) in [6.07, 6.45) is 5.39. The van der Waals surface area contributed by atoms with Gasteiger partial charge in [0.2, 0.25) is 5.91 Å². The summed E-state index contributed by atoms with van der Waals surface area (Å²) in [5.41, 5.74) is 1.49. The molecule has 116 valence electrons. The van der Waals surface area contributed by atoms with Crippen molar-refractivity contribution in [2.75, 3.05) is 11.9 Å². The molecule has 2 aliphatic carbocycles. The van der Waals surface area contributed by atoms with Gasteiger partial charge in [-0.1, -0.05) is 6.42 Å². The first-order valence-corrected chi connectivity index (χ1v) is 8.19. The smallest absolute Gasteiger partial charge is 0.239 e. The minimum absolute atomic E-state index is 0.0413. The first kappa shape index (κ1) is 14.9. The predicted molar refractivity (Wildman–Crippen MR) is 86.2 cm³/mol. The third-order valence-electron chi connectivity index (χ3n) is 5.29. The summed E-state index contributed by atoms with van der Waals surface area (Å²) in [6.45, 7) is 2.42. The third kappa shape index (κ3) is 3.24. The number of nitriles is 1. The molecule has 0 spiro atoms. The number of fused-ring (bicyclic) bond motifs is 2. The molecule has 4 unspecified atom stereocenters. The van der Waals surface area contributed by atoms with Crippen LogP contribution in [0, 0.1) is 29.1 Å². The van der Waals surface area contributed by atoms with E-state index in [-0.39, 0.29) is 18.5 Å². The summed E-state index contributed by atoms with van der Waals surface area (Å²) in [7, 11) is 0. The van der Waals surface area contributed by atoms with Gasteiger partial charge in [-0.25, -0.2) is 0 Å².